The number of aryl methyl sites for hydroxylation is 2. The van der Waals surface area contributed by atoms with Gasteiger partial charge in [0.2, 0.25) is 0 Å². The van der Waals surface area contributed by atoms with Gasteiger partial charge in [-0.3, -0.25) is 9.48 Å². The zero-order valence-corrected chi connectivity index (χ0v) is 11.7. The Bertz CT molecular complexity index is 574. The van der Waals surface area contributed by atoms with E-state index in [0.29, 0.717) is 15.4 Å². The Balaban J connectivity index is 2.28. The molecule has 0 fully saturated rings. The maximum atomic E-state index is 12.0. The molecule has 0 saturated carbocycles. The molecule has 0 aromatic carbocycles. The fourth-order valence-corrected chi connectivity index (χ4v) is 2.33. The summed E-state index contributed by atoms with van der Waals surface area (Å²) in [4.78, 5) is 12.0. The second kappa shape index (κ2) is 4.66. The summed E-state index contributed by atoms with van der Waals surface area (Å²) in [5.74, 6) is -0.0522. The molecular weight excluding hydrogens is 307 g/mol. The molecule has 0 amide bonds. The Labute approximate surface area is 112 Å². The lowest BCUT2D eigenvalue weighted by Gasteiger charge is -1.99. The van der Waals surface area contributed by atoms with Crippen LogP contribution < -0.4 is 0 Å². The maximum Gasteiger partial charge on any atom is 0.179 e. The van der Waals surface area contributed by atoms with E-state index in [1.807, 2.05) is 6.92 Å². The third kappa shape index (κ3) is 2.30. The van der Waals surface area contributed by atoms with Gasteiger partial charge in [0.1, 0.15) is 5.15 Å². The number of carbonyl (C=O) groups excluding carboxylic acids is 1. The van der Waals surface area contributed by atoms with E-state index < -0.39 is 0 Å². The number of halogens is 2. The number of ketones is 1. The van der Waals surface area contributed by atoms with E-state index in [1.54, 1.807) is 17.8 Å². The number of carbonyl (C=O) groups is 1. The highest BCUT2D eigenvalue weighted by molar-refractivity contribution is 9.10. The predicted molar refractivity (Wildman–Crippen MR) is 67.4 cm³/mol. The lowest BCUT2D eigenvalue weighted by atomic mass is 10.1. The van der Waals surface area contributed by atoms with Crippen LogP contribution in [0.25, 0.3) is 0 Å². The number of hydrogen-bond donors (Lipinski definition) is 0. The molecule has 4 nitrogen and oxygen atoms in total. The van der Waals surface area contributed by atoms with Gasteiger partial charge in [-0.25, -0.2) is 0 Å². The summed E-state index contributed by atoms with van der Waals surface area (Å²) in [6.07, 6.45) is 1.69. The van der Waals surface area contributed by atoms with Gasteiger partial charge in [0.15, 0.2) is 10.5 Å². The van der Waals surface area contributed by atoms with Crippen molar-refractivity contribution in [3.63, 3.8) is 0 Å². The SMILES string of the molecule is Cc1nn(C)c(Cl)c1CC(=O)c1ccoc1Br. The monoisotopic (exact) mass is 316 g/mol. The third-order valence-electron chi connectivity index (χ3n) is 2.53. The van der Waals surface area contributed by atoms with E-state index in [-0.39, 0.29) is 12.2 Å². The Morgan fingerprint density at radius 2 is 2.35 bits per heavy atom. The van der Waals surface area contributed by atoms with Gasteiger partial charge in [-0.15, -0.1) is 0 Å². The van der Waals surface area contributed by atoms with Crippen LogP contribution >= 0.6 is 27.5 Å². The topological polar surface area (TPSA) is 48.0 Å². The predicted octanol–water partition coefficient (Wildman–Crippen LogP) is 3.16. The number of rotatable bonds is 3. The van der Waals surface area contributed by atoms with Gasteiger partial charge >= 0.3 is 0 Å². The van der Waals surface area contributed by atoms with Gasteiger partial charge in [0.05, 0.1) is 17.5 Å². The Morgan fingerprint density at radius 3 is 2.82 bits per heavy atom. The summed E-state index contributed by atoms with van der Waals surface area (Å²) in [7, 11) is 1.75. The van der Waals surface area contributed by atoms with Crippen LogP contribution in [0.4, 0.5) is 0 Å². The second-order valence-corrected chi connectivity index (χ2v) is 4.76. The molecule has 0 spiro atoms. The molecule has 0 radical (unpaired) electrons. The molecular formula is C11H10BrClN2O2. The minimum Gasteiger partial charge on any atom is -0.457 e. The van der Waals surface area contributed by atoms with Gasteiger partial charge in [0.25, 0.3) is 0 Å². The molecule has 17 heavy (non-hydrogen) atoms. The molecule has 0 aliphatic heterocycles. The van der Waals surface area contributed by atoms with Crippen LogP contribution in [0.15, 0.2) is 21.4 Å². The third-order valence-corrected chi connectivity index (χ3v) is 3.61. The first kappa shape index (κ1) is 12.4. The van der Waals surface area contributed by atoms with Gasteiger partial charge in [-0.05, 0) is 28.9 Å². The molecule has 0 aliphatic carbocycles. The van der Waals surface area contributed by atoms with Gasteiger partial charge < -0.3 is 4.42 Å². The van der Waals surface area contributed by atoms with Crippen molar-refractivity contribution in [2.24, 2.45) is 7.05 Å². The van der Waals surface area contributed by atoms with Crippen LogP contribution in [-0.2, 0) is 13.5 Å². The second-order valence-electron chi connectivity index (χ2n) is 3.69. The number of nitrogens with zero attached hydrogens (tertiary/aromatic N) is 2. The highest BCUT2D eigenvalue weighted by atomic mass is 79.9. The molecule has 6 heteroatoms. The maximum absolute atomic E-state index is 12.0. The van der Waals surface area contributed by atoms with Crippen LogP contribution in [-0.4, -0.2) is 15.6 Å². The standard InChI is InChI=1S/C11H10BrClN2O2/c1-6-8(11(13)15(2)14-6)5-9(16)7-3-4-17-10(7)12/h3-4H,5H2,1-2H3. The Kier molecular flexibility index (Phi) is 3.40. The molecule has 90 valence electrons. The van der Waals surface area contributed by atoms with E-state index in [2.05, 4.69) is 21.0 Å². The van der Waals surface area contributed by atoms with Crippen LogP contribution in [0.1, 0.15) is 21.6 Å². The van der Waals surface area contributed by atoms with E-state index in [0.717, 1.165) is 11.3 Å². The molecule has 0 N–H and O–H groups in total. The normalized spacial score (nSPS) is 10.8. The zero-order chi connectivity index (χ0) is 12.6. The first-order valence-electron chi connectivity index (χ1n) is 4.95. The van der Waals surface area contributed by atoms with Crippen molar-refractivity contribution < 1.29 is 9.21 Å². The van der Waals surface area contributed by atoms with Crippen LogP contribution in [0.2, 0.25) is 5.15 Å². The summed E-state index contributed by atoms with van der Waals surface area (Å²) in [5.41, 5.74) is 2.04. The molecule has 2 rings (SSSR count). The molecule has 0 aliphatic rings. The zero-order valence-electron chi connectivity index (χ0n) is 9.33. The lowest BCUT2D eigenvalue weighted by molar-refractivity contribution is 0.0991. The van der Waals surface area contributed by atoms with Gasteiger partial charge in [0, 0.05) is 19.0 Å². The summed E-state index contributed by atoms with van der Waals surface area (Å²) in [6, 6.07) is 1.63. The molecule has 0 unspecified atom stereocenters. The number of Topliss-reactive ketones (excluding diaryl/α,β-unsaturated/α-hetero) is 1. The van der Waals surface area contributed by atoms with E-state index in [1.165, 1.54) is 6.26 Å². The van der Waals surface area contributed by atoms with Gasteiger partial charge in [-0.2, -0.15) is 5.10 Å². The lowest BCUT2D eigenvalue weighted by Crippen LogP contribution is -2.04. The average Bonchev–Trinajstić information content (AvgIpc) is 2.78. The molecule has 2 aromatic heterocycles. The van der Waals surface area contributed by atoms with E-state index in [9.17, 15) is 4.79 Å². The van der Waals surface area contributed by atoms with Crippen molar-refractivity contribution in [3.8, 4) is 0 Å². The molecule has 0 bridgehead atoms. The molecule has 2 heterocycles. The summed E-state index contributed by atoms with van der Waals surface area (Å²) >= 11 is 9.25. The minimum absolute atomic E-state index is 0.0522. The largest absolute Gasteiger partial charge is 0.457 e. The summed E-state index contributed by atoms with van der Waals surface area (Å²) in [6.45, 7) is 1.83. The van der Waals surface area contributed by atoms with Gasteiger partial charge in [-0.1, -0.05) is 11.6 Å². The number of aromatic nitrogens is 2. The smallest absolute Gasteiger partial charge is 0.179 e. The number of hydrogen-bond acceptors (Lipinski definition) is 3. The Morgan fingerprint density at radius 1 is 1.65 bits per heavy atom. The van der Waals surface area contributed by atoms with Crippen molar-refractivity contribution in [1.82, 2.24) is 9.78 Å². The van der Waals surface area contributed by atoms with E-state index in [4.69, 9.17) is 16.0 Å². The van der Waals surface area contributed by atoms with Crippen molar-refractivity contribution in [3.05, 3.63) is 39.0 Å². The number of furan rings is 1. The van der Waals surface area contributed by atoms with Crippen LogP contribution in [0.3, 0.4) is 0 Å². The highest BCUT2D eigenvalue weighted by Gasteiger charge is 2.18. The van der Waals surface area contributed by atoms with Crippen molar-refractivity contribution in [2.75, 3.05) is 0 Å². The first-order chi connectivity index (χ1) is 8.00. The minimum atomic E-state index is -0.0522. The highest BCUT2D eigenvalue weighted by Crippen LogP contribution is 2.23. The fraction of sp³-hybridized carbons (Fsp3) is 0.273. The quantitative estimate of drug-likeness (QED) is 0.817. The fourth-order valence-electron chi connectivity index (χ4n) is 1.62. The summed E-state index contributed by atoms with van der Waals surface area (Å²) in [5, 5.41) is 4.66. The molecule has 0 saturated heterocycles. The van der Waals surface area contributed by atoms with Crippen molar-refractivity contribution in [1.29, 1.82) is 0 Å². The average molecular weight is 318 g/mol. The van der Waals surface area contributed by atoms with Crippen molar-refractivity contribution >= 4 is 33.3 Å². The van der Waals surface area contributed by atoms with Crippen LogP contribution in [0.5, 0.6) is 0 Å². The Hall–Kier alpha value is -1.07. The summed E-state index contributed by atoms with van der Waals surface area (Å²) < 4.78 is 7.04. The van der Waals surface area contributed by atoms with E-state index >= 15 is 0 Å². The van der Waals surface area contributed by atoms with Crippen molar-refractivity contribution in [2.45, 2.75) is 13.3 Å². The molecule has 2 aromatic rings. The first-order valence-corrected chi connectivity index (χ1v) is 6.12. The van der Waals surface area contributed by atoms with Crippen LogP contribution in [0, 0.1) is 6.92 Å². The molecule has 0 atom stereocenters.